The minimum atomic E-state index is -2.17. The Morgan fingerprint density at radius 2 is 1.55 bits per heavy atom. The van der Waals surface area contributed by atoms with E-state index in [1.54, 1.807) is 21.6 Å². The molecule has 1 aromatic carbocycles. The van der Waals surface area contributed by atoms with Crippen molar-refractivity contribution in [3.8, 4) is 0 Å². The van der Waals surface area contributed by atoms with Gasteiger partial charge in [-0.1, -0.05) is 88.3 Å². The lowest BCUT2D eigenvalue weighted by atomic mass is 10.1. The second-order valence-corrected chi connectivity index (χ2v) is 16.6. The molecule has 0 radical (unpaired) electrons. The molecule has 0 aliphatic rings. The molecule has 7 heteroatoms. The van der Waals surface area contributed by atoms with E-state index < -0.39 is 14.3 Å². The van der Waals surface area contributed by atoms with Crippen LogP contribution >= 0.6 is 21.6 Å². The summed E-state index contributed by atoms with van der Waals surface area (Å²) in [6.07, 6.45) is 1.19. The maximum Gasteiger partial charge on any atom is 0.307 e. The van der Waals surface area contributed by atoms with E-state index in [1.165, 1.54) is 0 Å². The molecule has 0 saturated carbocycles. The number of carbonyl (C=O) groups excluding carboxylic acids is 1. The Labute approximate surface area is 185 Å². The van der Waals surface area contributed by atoms with Crippen LogP contribution in [0.25, 0.3) is 0 Å². The Balaban J connectivity index is 2.61. The van der Waals surface area contributed by atoms with Gasteiger partial charge in [0, 0.05) is 16.6 Å². The molecular weight excluding hydrogens is 420 g/mol. The zero-order valence-corrected chi connectivity index (χ0v) is 21.4. The number of aliphatic carboxylic acids is 1. The van der Waals surface area contributed by atoms with Crippen molar-refractivity contribution in [2.45, 2.75) is 94.5 Å². The lowest BCUT2D eigenvalue weighted by Crippen LogP contribution is -2.49. The third kappa shape index (κ3) is 7.68. The summed E-state index contributed by atoms with van der Waals surface area (Å²) in [4.78, 5) is 24.7. The zero-order valence-electron chi connectivity index (χ0n) is 18.7. The fraction of sp³-hybridized carbons (Fsp3) is 0.636. The first kappa shape index (κ1) is 26.1. The van der Waals surface area contributed by atoms with Gasteiger partial charge in [-0.2, -0.15) is 0 Å². The number of carboxylic acids is 1. The Morgan fingerprint density at radius 1 is 1.00 bits per heavy atom. The Hall–Kier alpha value is -0.923. The topological polar surface area (TPSA) is 63.6 Å². The first-order valence-corrected chi connectivity index (χ1v) is 14.7. The number of hydrogen-bond acceptors (Lipinski definition) is 5. The SMILES string of the molecule is CC(CCC(=O)O[Si](C(C)C)(C(C)C)C(C)C)SSc1ccccc1CC(=O)O. The highest BCUT2D eigenvalue weighted by molar-refractivity contribution is 8.77. The van der Waals surface area contributed by atoms with Crippen LogP contribution in [0, 0.1) is 0 Å². The van der Waals surface area contributed by atoms with Crippen LogP contribution in [0.4, 0.5) is 0 Å². The van der Waals surface area contributed by atoms with E-state index in [4.69, 9.17) is 9.53 Å². The van der Waals surface area contributed by atoms with Crippen LogP contribution in [0.5, 0.6) is 0 Å². The van der Waals surface area contributed by atoms with E-state index in [0.717, 1.165) is 16.9 Å². The first-order chi connectivity index (χ1) is 13.5. The molecule has 4 nitrogen and oxygen atoms in total. The quantitative estimate of drug-likeness (QED) is 0.271. The third-order valence-electron chi connectivity index (χ3n) is 5.37. The smallest absolute Gasteiger partial charge is 0.307 e. The molecule has 0 bridgehead atoms. The summed E-state index contributed by atoms with van der Waals surface area (Å²) in [5, 5.41) is 9.32. The summed E-state index contributed by atoms with van der Waals surface area (Å²) >= 11 is 0. The van der Waals surface area contributed by atoms with Gasteiger partial charge in [0.15, 0.2) is 0 Å². The Kier molecular flexibility index (Phi) is 10.9. The van der Waals surface area contributed by atoms with Crippen LogP contribution in [0.3, 0.4) is 0 Å². The number of benzene rings is 1. The molecule has 0 aromatic heterocycles. The predicted octanol–water partition coefficient (Wildman–Crippen LogP) is 6.94. The molecule has 0 saturated heterocycles. The van der Waals surface area contributed by atoms with Crippen LogP contribution in [-0.2, 0) is 20.4 Å². The standard InChI is InChI=1S/C22H36O4S2Si/c1-15(2)29(16(3)4,17(5)6)26-22(25)13-12-18(7)27-28-20-11-9-8-10-19(20)14-21(23)24/h8-11,15-18H,12-14H2,1-7H3,(H,23,24). The van der Waals surface area contributed by atoms with Crippen molar-refractivity contribution in [2.24, 2.45) is 0 Å². The predicted molar refractivity (Wildman–Crippen MR) is 127 cm³/mol. The molecule has 0 heterocycles. The van der Waals surface area contributed by atoms with Crippen molar-refractivity contribution in [3.63, 3.8) is 0 Å². The van der Waals surface area contributed by atoms with E-state index >= 15 is 0 Å². The van der Waals surface area contributed by atoms with E-state index in [-0.39, 0.29) is 17.6 Å². The van der Waals surface area contributed by atoms with Crippen LogP contribution in [0.2, 0.25) is 16.6 Å². The molecule has 1 aromatic rings. The monoisotopic (exact) mass is 456 g/mol. The molecule has 29 heavy (non-hydrogen) atoms. The van der Waals surface area contributed by atoms with Gasteiger partial charge in [-0.25, -0.2) is 0 Å². The van der Waals surface area contributed by atoms with Gasteiger partial charge in [-0.15, -0.1) is 0 Å². The molecule has 0 fully saturated rings. The summed E-state index contributed by atoms with van der Waals surface area (Å²) in [5.41, 5.74) is 1.99. The van der Waals surface area contributed by atoms with Gasteiger partial charge in [-0.05, 0) is 34.7 Å². The number of rotatable bonds is 12. The molecule has 0 aliphatic carbocycles. The van der Waals surface area contributed by atoms with Gasteiger partial charge < -0.3 is 9.53 Å². The fourth-order valence-corrected chi connectivity index (χ4v) is 11.6. The van der Waals surface area contributed by atoms with E-state index in [2.05, 4.69) is 48.5 Å². The molecule has 0 amide bonds. The highest BCUT2D eigenvalue weighted by atomic mass is 33.1. The Morgan fingerprint density at radius 3 is 2.07 bits per heavy atom. The van der Waals surface area contributed by atoms with Crippen LogP contribution in [-0.4, -0.2) is 30.6 Å². The largest absolute Gasteiger partial charge is 0.518 e. The van der Waals surface area contributed by atoms with Gasteiger partial charge in [-0.3, -0.25) is 9.59 Å². The average molecular weight is 457 g/mol. The van der Waals surface area contributed by atoms with Crippen molar-refractivity contribution in [2.75, 3.05) is 0 Å². The molecule has 1 unspecified atom stereocenters. The summed E-state index contributed by atoms with van der Waals surface area (Å²) in [5.74, 6) is -0.900. The van der Waals surface area contributed by atoms with Crippen LogP contribution in [0.15, 0.2) is 29.2 Å². The zero-order chi connectivity index (χ0) is 22.2. The van der Waals surface area contributed by atoms with Crippen molar-refractivity contribution in [1.29, 1.82) is 0 Å². The van der Waals surface area contributed by atoms with Crippen molar-refractivity contribution in [1.82, 2.24) is 0 Å². The van der Waals surface area contributed by atoms with Gasteiger partial charge in [0.2, 0.25) is 0 Å². The van der Waals surface area contributed by atoms with Gasteiger partial charge >= 0.3 is 5.97 Å². The normalized spacial score (nSPS) is 13.2. The van der Waals surface area contributed by atoms with Crippen LogP contribution in [0.1, 0.15) is 66.9 Å². The summed E-state index contributed by atoms with van der Waals surface area (Å²) in [6.45, 7) is 15.2. The van der Waals surface area contributed by atoms with Gasteiger partial charge in [0.25, 0.3) is 14.3 Å². The van der Waals surface area contributed by atoms with Crippen LogP contribution < -0.4 is 0 Å². The summed E-state index contributed by atoms with van der Waals surface area (Å²) in [7, 11) is 1.09. The van der Waals surface area contributed by atoms with E-state index in [0.29, 0.717) is 23.0 Å². The first-order valence-electron chi connectivity index (χ1n) is 10.4. The lowest BCUT2D eigenvalue weighted by Gasteiger charge is -2.41. The maximum absolute atomic E-state index is 12.7. The van der Waals surface area contributed by atoms with E-state index in [9.17, 15) is 9.59 Å². The highest BCUT2D eigenvalue weighted by Gasteiger charge is 2.48. The maximum atomic E-state index is 12.7. The average Bonchev–Trinajstić information content (AvgIpc) is 2.62. The molecule has 1 atom stereocenters. The second-order valence-electron chi connectivity index (χ2n) is 8.50. The van der Waals surface area contributed by atoms with Gasteiger partial charge in [0.1, 0.15) is 0 Å². The second kappa shape index (κ2) is 12.1. The minimum absolute atomic E-state index is 0.0246. The minimum Gasteiger partial charge on any atom is -0.518 e. The molecule has 0 aliphatic heterocycles. The lowest BCUT2D eigenvalue weighted by molar-refractivity contribution is -0.137. The molecule has 0 spiro atoms. The van der Waals surface area contributed by atoms with Gasteiger partial charge in [0.05, 0.1) is 6.42 Å². The van der Waals surface area contributed by atoms with Crippen molar-refractivity contribution >= 4 is 41.8 Å². The summed E-state index contributed by atoms with van der Waals surface area (Å²) in [6, 6.07) is 7.59. The summed E-state index contributed by atoms with van der Waals surface area (Å²) < 4.78 is 6.22. The number of carbonyl (C=O) groups is 2. The molecule has 1 N–H and O–H groups in total. The molecule has 1 rings (SSSR count). The Bertz CT molecular complexity index is 655. The van der Waals surface area contributed by atoms with Crippen molar-refractivity contribution in [3.05, 3.63) is 29.8 Å². The molecule has 164 valence electrons. The fourth-order valence-electron chi connectivity index (χ4n) is 4.00. The third-order valence-corrected chi connectivity index (χ3v) is 14.4. The molecular formula is C22H36O4S2Si. The van der Waals surface area contributed by atoms with Crippen molar-refractivity contribution < 1.29 is 19.1 Å². The number of hydrogen-bond donors (Lipinski definition) is 1. The number of carboxylic acid groups (broad SMARTS) is 1. The van der Waals surface area contributed by atoms with E-state index in [1.807, 2.05) is 24.3 Å². The highest BCUT2D eigenvalue weighted by Crippen LogP contribution is 2.43.